The predicted molar refractivity (Wildman–Crippen MR) is 118 cm³/mol. The highest BCUT2D eigenvalue weighted by Gasteiger charge is 2.13. The summed E-state index contributed by atoms with van der Waals surface area (Å²) in [4.78, 5) is 18.2. The highest BCUT2D eigenvalue weighted by atomic mass is 16.1. The molecule has 2 N–H and O–H groups in total. The van der Waals surface area contributed by atoms with Crippen molar-refractivity contribution in [2.75, 3.05) is 24.3 Å². The quantitative estimate of drug-likeness (QED) is 0.535. The number of rotatable bonds is 5. The van der Waals surface area contributed by atoms with Gasteiger partial charge in [0.1, 0.15) is 5.82 Å². The highest BCUT2D eigenvalue weighted by Crippen LogP contribution is 2.23. The lowest BCUT2D eigenvalue weighted by Crippen LogP contribution is -2.16. The fourth-order valence-corrected chi connectivity index (χ4v) is 3.43. The molecule has 1 amide bonds. The minimum absolute atomic E-state index is 0.144. The third-order valence-electron chi connectivity index (χ3n) is 5.31. The van der Waals surface area contributed by atoms with E-state index >= 15 is 0 Å². The van der Waals surface area contributed by atoms with Crippen LogP contribution in [0, 0.1) is 13.8 Å². The Kier molecular flexibility index (Phi) is 4.84. The number of benzene rings is 2. The number of carbonyl (C=O) groups is 1. The van der Waals surface area contributed by atoms with Gasteiger partial charge in [0.25, 0.3) is 5.91 Å². The minimum Gasteiger partial charge on any atom is -0.378 e. The molecule has 29 heavy (non-hydrogen) atoms. The van der Waals surface area contributed by atoms with Gasteiger partial charge in [-0.1, -0.05) is 12.1 Å². The van der Waals surface area contributed by atoms with Crippen LogP contribution >= 0.6 is 0 Å². The first-order chi connectivity index (χ1) is 13.9. The molecule has 0 atom stereocenters. The number of hydrogen-bond donors (Lipinski definition) is 2. The van der Waals surface area contributed by atoms with Gasteiger partial charge in [-0.3, -0.25) is 4.79 Å². The summed E-state index contributed by atoms with van der Waals surface area (Å²) in [5.74, 6) is 0.531. The molecule has 0 bridgehead atoms. The maximum absolute atomic E-state index is 12.8. The number of H-pyrrole nitrogens is 1. The second kappa shape index (κ2) is 7.47. The van der Waals surface area contributed by atoms with Crippen LogP contribution in [0.2, 0.25) is 0 Å². The molecule has 2 aromatic carbocycles. The van der Waals surface area contributed by atoms with Crippen molar-refractivity contribution >= 4 is 28.3 Å². The van der Waals surface area contributed by atoms with Crippen LogP contribution in [0.5, 0.6) is 0 Å². The summed E-state index contributed by atoms with van der Waals surface area (Å²) < 4.78 is 1.80. The summed E-state index contributed by atoms with van der Waals surface area (Å²) in [6.45, 7) is 4.69. The lowest BCUT2D eigenvalue weighted by molar-refractivity contribution is 0.102. The SMILES string of the molecule is Cc1[nH]c2ccc(C(=O)Nc3ccnn3Cc3ccc(N(C)C)cc3)cc2c1C. The van der Waals surface area contributed by atoms with Crippen molar-refractivity contribution in [2.24, 2.45) is 0 Å². The minimum atomic E-state index is -0.144. The van der Waals surface area contributed by atoms with Crippen LogP contribution in [0.3, 0.4) is 0 Å². The van der Waals surface area contributed by atoms with Crippen molar-refractivity contribution in [3.8, 4) is 0 Å². The number of aryl methyl sites for hydroxylation is 2. The molecule has 0 saturated heterocycles. The van der Waals surface area contributed by atoms with Gasteiger partial charge in [-0.25, -0.2) is 4.68 Å². The zero-order chi connectivity index (χ0) is 20.5. The van der Waals surface area contributed by atoms with Gasteiger partial charge in [0.2, 0.25) is 0 Å². The van der Waals surface area contributed by atoms with Crippen LogP contribution in [0.1, 0.15) is 27.2 Å². The molecule has 2 aromatic heterocycles. The average molecular weight is 387 g/mol. The molecule has 0 saturated carbocycles. The number of nitrogens with one attached hydrogen (secondary N) is 2. The maximum atomic E-state index is 12.8. The third-order valence-corrected chi connectivity index (χ3v) is 5.31. The van der Waals surface area contributed by atoms with Crippen LogP contribution in [-0.2, 0) is 6.54 Å². The molecule has 2 heterocycles. The Morgan fingerprint density at radius 3 is 2.59 bits per heavy atom. The maximum Gasteiger partial charge on any atom is 0.256 e. The number of aromatic nitrogens is 3. The monoisotopic (exact) mass is 387 g/mol. The molecule has 0 spiro atoms. The molecule has 0 unspecified atom stereocenters. The Hall–Kier alpha value is -3.54. The van der Waals surface area contributed by atoms with E-state index in [0.717, 1.165) is 27.8 Å². The van der Waals surface area contributed by atoms with E-state index in [1.807, 2.05) is 45.3 Å². The van der Waals surface area contributed by atoms with Crippen molar-refractivity contribution in [3.05, 3.63) is 77.1 Å². The molecular weight excluding hydrogens is 362 g/mol. The predicted octanol–water partition coefficient (Wildman–Crippen LogP) is 4.35. The Labute approximate surface area is 170 Å². The van der Waals surface area contributed by atoms with E-state index in [1.54, 1.807) is 10.9 Å². The van der Waals surface area contributed by atoms with E-state index < -0.39 is 0 Å². The van der Waals surface area contributed by atoms with Crippen molar-refractivity contribution in [1.82, 2.24) is 14.8 Å². The first-order valence-electron chi connectivity index (χ1n) is 9.61. The summed E-state index contributed by atoms with van der Waals surface area (Å²) in [5.41, 5.74) is 6.23. The normalized spacial score (nSPS) is 11.0. The summed E-state index contributed by atoms with van der Waals surface area (Å²) in [7, 11) is 4.04. The van der Waals surface area contributed by atoms with Crippen molar-refractivity contribution < 1.29 is 4.79 Å². The number of fused-ring (bicyclic) bond motifs is 1. The second-order valence-electron chi connectivity index (χ2n) is 7.52. The second-order valence-corrected chi connectivity index (χ2v) is 7.52. The molecule has 0 aliphatic heterocycles. The Morgan fingerprint density at radius 2 is 1.86 bits per heavy atom. The van der Waals surface area contributed by atoms with Crippen LogP contribution < -0.4 is 10.2 Å². The van der Waals surface area contributed by atoms with Crippen LogP contribution in [-0.4, -0.2) is 34.8 Å². The molecule has 0 fully saturated rings. The zero-order valence-electron chi connectivity index (χ0n) is 17.2. The fourth-order valence-electron chi connectivity index (χ4n) is 3.43. The molecule has 6 nitrogen and oxygen atoms in total. The number of carbonyl (C=O) groups excluding carboxylic acids is 1. The fraction of sp³-hybridized carbons (Fsp3) is 0.217. The van der Waals surface area contributed by atoms with E-state index in [-0.39, 0.29) is 5.91 Å². The van der Waals surface area contributed by atoms with Gasteiger partial charge < -0.3 is 15.2 Å². The summed E-state index contributed by atoms with van der Waals surface area (Å²) in [5, 5.41) is 8.43. The topological polar surface area (TPSA) is 66.0 Å². The molecule has 0 aliphatic rings. The van der Waals surface area contributed by atoms with E-state index in [0.29, 0.717) is 17.9 Å². The average Bonchev–Trinajstić information content (AvgIpc) is 3.26. The van der Waals surface area contributed by atoms with Gasteiger partial charge >= 0.3 is 0 Å². The molecular formula is C23H25N5O. The van der Waals surface area contributed by atoms with Crippen molar-refractivity contribution in [1.29, 1.82) is 0 Å². The van der Waals surface area contributed by atoms with Gasteiger partial charge in [0.15, 0.2) is 0 Å². The molecule has 4 rings (SSSR count). The van der Waals surface area contributed by atoms with E-state index in [1.165, 1.54) is 5.56 Å². The Balaban J connectivity index is 1.52. The number of nitrogens with zero attached hydrogens (tertiary/aromatic N) is 3. The zero-order valence-corrected chi connectivity index (χ0v) is 17.2. The van der Waals surface area contributed by atoms with Gasteiger partial charge in [-0.2, -0.15) is 5.10 Å². The van der Waals surface area contributed by atoms with Crippen LogP contribution in [0.15, 0.2) is 54.7 Å². The number of aromatic amines is 1. The Morgan fingerprint density at radius 1 is 1.10 bits per heavy atom. The Bertz CT molecular complexity index is 1170. The van der Waals surface area contributed by atoms with Crippen molar-refractivity contribution in [2.45, 2.75) is 20.4 Å². The van der Waals surface area contributed by atoms with Gasteiger partial charge in [0, 0.05) is 48.0 Å². The number of hydrogen-bond acceptors (Lipinski definition) is 3. The number of anilines is 2. The smallest absolute Gasteiger partial charge is 0.256 e. The van der Waals surface area contributed by atoms with Gasteiger partial charge in [-0.15, -0.1) is 0 Å². The van der Waals surface area contributed by atoms with Crippen molar-refractivity contribution in [3.63, 3.8) is 0 Å². The van der Waals surface area contributed by atoms with E-state index in [4.69, 9.17) is 0 Å². The lowest BCUT2D eigenvalue weighted by atomic mass is 10.1. The largest absolute Gasteiger partial charge is 0.378 e. The first kappa shape index (κ1) is 18.8. The standard InChI is InChI=1S/C23H25N5O/c1-15-16(2)25-21-10-7-18(13-20(15)21)23(29)26-22-11-12-24-28(22)14-17-5-8-19(9-6-17)27(3)4/h5-13,25H,14H2,1-4H3,(H,26,29). The number of amides is 1. The van der Waals surface area contributed by atoms with E-state index in [9.17, 15) is 4.79 Å². The first-order valence-corrected chi connectivity index (χ1v) is 9.61. The molecule has 4 aromatic rings. The molecule has 0 radical (unpaired) electrons. The summed E-state index contributed by atoms with van der Waals surface area (Å²) in [6, 6.07) is 15.9. The summed E-state index contributed by atoms with van der Waals surface area (Å²) >= 11 is 0. The molecule has 6 heteroatoms. The molecule has 148 valence electrons. The van der Waals surface area contributed by atoms with Gasteiger partial charge in [0.05, 0.1) is 12.7 Å². The van der Waals surface area contributed by atoms with Crippen LogP contribution in [0.25, 0.3) is 10.9 Å². The van der Waals surface area contributed by atoms with Crippen LogP contribution in [0.4, 0.5) is 11.5 Å². The third kappa shape index (κ3) is 3.74. The lowest BCUT2D eigenvalue weighted by Gasteiger charge is -2.13. The highest BCUT2D eigenvalue weighted by molar-refractivity contribution is 6.06. The van der Waals surface area contributed by atoms with E-state index in [2.05, 4.69) is 51.5 Å². The summed E-state index contributed by atoms with van der Waals surface area (Å²) in [6.07, 6.45) is 1.70. The van der Waals surface area contributed by atoms with Gasteiger partial charge in [-0.05, 0) is 55.3 Å². The molecule has 0 aliphatic carbocycles.